The zero-order valence-corrected chi connectivity index (χ0v) is 15.2. The average molecular weight is 370 g/mol. The van der Waals surface area contributed by atoms with Crippen LogP contribution in [0.5, 0.6) is 0 Å². The molecular formula is C18H18N4O3S. The van der Waals surface area contributed by atoms with E-state index in [1.54, 1.807) is 13.1 Å². The molecule has 0 aliphatic rings. The molecule has 0 spiro atoms. The smallest absolute Gasteiger partial charge is 0.332 e. The van der Waals surface area contributed by atoms with E-state index in [4.69, 9.17) is 0 Å². The number of aryl methyl sites for hydroxylation is 1. The molecule has 0 aliphatic carbocycles. The topological polar surface area (TPSA) is 86.0 Å². The van der Waals surface area contributed by atoms with Gasteiger partial charge in [-0.25, -0.2) is 9.78 Å². The van der Waals surface area contributed by atoms with E-state index in [2.05, 4.69) is 10.3 Å². The summed E-state index contributed by atoms with van der Waals surface area (Å²) in [7, 11) is 3.00. The van der Waals surface area contributed by atoms with Crippen molar-refractivity contribution < 1.29 is 4.79 Å². The molecule has 0 fully saturated rings. The van der Waals surface area contributed by atoms with Gasteiger partial charge in [-0.2, -0.15) is 0 Å². The molecule has 1 aromatic carbocycles. The molecule has 0 bridgehead atoms. The van der Waals surface area contributed by atoms with Crippen LogP contribution in [0.3, 0.4) is 0 Å². The summed E-state index contributed by atoms with van der Waals surface area (Å²) >= 11 is 1.25. The number of carbonyl (C=O) groups excluding carboxylic acids is 1. The number of hydrogen-bond donors (Lipinski definition) is 1. The fraction of sp³-hybridized carbons (Fsp3) is 0.222. The minimum absolute atomic E-state index is 0.134. The van der Waals surface area contributed by atoms with Crippen LogP contribution in [0.1, 0.15) is 5.56 Å². The third-order valence-corrected chi connectivity index (χ3v) is 5.05. The Morgan fingerprint density at radius 3 is 2.58 bits per heavy atom. The monoisotopic (exact) mass is 370 g/mol. The van der Waals surface area contributed by atoms with E-state index in [0.29, 0.717) is 22.5 Å². The lowest BCUT2D eigenvalue weighted by Gasteiger charge is -2.10. The molecule has 134 valence electrons. The second kappa shape index (κ2) is 7.57. The number of nitrogens with one attached hydrogen (secondary N) is 1. The number of pyridine rings is 1. The van der Waals surface area contributed by atoms with Gasteiger partial charge in [-0.05, 0) is 11.6 Å². The van der Waals surface area contributed by atoms with Crippen LogP contribution in [0.4, 0.5) is 0 Å². The summed E-state index contributed by atoms with van der Waals surface area (Å²) in [6.07, 6.45) is 1.53. The molecule has 0 saturated heterocycles. The van der Waals surface area contributed by atoms with E-state index in [1.807, 2.05) is 30.3 Å². The highest BCUT2D eigenvalue weighted by molar-refractivity contribution is 8.00. The Labute approximate surface area is 153 Å². The van der Waals surface area contributed by atoms with Gasteiger partial charge in [0.25, 0.3) is 5.56 Å². The molecule has 7 nitrogen and oxygen atoms in total. The van der Waals surface area contributed by atoms with Crippen molar-refractivity contribution in [2.24, 2.45) is 14.1 Å². The molecule has 3 rings (SSSR count). The third-order valence-electron chi connectivity index (χ3n) is 3.99. The minimum Gasteiger partial charge on any atom is -0.351 e. The van der Waals surface area contributed by atoms with Crippen molar-refractivity contribution in [2.45, 2.75) is 11.4 Å². The van der Waals surface area contributed by atoms with Gasteiger partial charge in [-0.3, -0.25) is 18.7 Å². The molecule has 0 radical (unpaired) electrons. The summed E-state index contributed by atoms with van der Waals surface area (Å²) in [4.78, 5) is 41.4. The van der Waals surface area contributed by atoms with Gasteiger partial charge in [-0.1, -0.05) is 30.3 Å². The predicted molar refractivity (Wildman–Crippen MR) is 101 cm³/mol. The first-order valence-electron chi connectivity index (χ1n) is 7.97. The van der Waals surface area contributed by atoms with E-state index in [9.17, 15) is 14.4 Å². The number of nitrogens with zero attached hydrogens (tertiary/aromatic N) is 3. The van der Waals surface area contributed by atoms with Crippen LogP contribution >= 0.6 is 11.8 Å². The van der Waals surface area contributed by atoms with Crippen LogP contribution in [0, 0.1) is 0 Å². The van der Waals surface area contributed by atoms with Crippen molar-refractivity contribution in [3.63, 3.8) is 0 Å². The summed E-state index contributed by atoms with van der Waals surface area (Å²) in [6, 6.07) is 11.3. The summed E-state index contributed by atoms with van der Waals surface area (Å²) in [5.74, 6) is 0.0308. The fourth-order valence-corrected chi connectivity index (χ4v) is 3.44. The van der Waals surface area contributed by atoms with Gasteiger partial charge >= 0.3 is 5.69 Å². The standard InChI is InChI=1S/C18H18N4O3S/c1-21-16-15(17(24)22(2)18(21)25)13(8-9-19-16)26-11-14(23)20-10-12-6-4-3-5-7-12/h3-9H,10-11H2,1-2H3,(H,20,23). The van der Waals surface area contributed by atoms with E-state index >= 15 is 0 Å². The number of hydrogen-bond acceptors (Lipinski definition) is 5. The highest BCUT2D eigenvalue weighted by atomic mass is 32.2. The van der Waals surface area contributed by atoms with Crippen molar-refractivity contribution in [1.82, 2.24) is 19.4 Å². The normalized spacial score (nSPS) is 10.8. The number of amides is 1. The summed E-state index contributed by atoms with van der Waals surface area (Å²) in [5.41, 5.74) is 0.484. The molecule has 3 aromatic rings. The maximum absolute atomic E-state index is 12.5. The Morgan fingerprint density at radius 2 is 1.85 bits per heavy atom. The highest BCUT2D eigenvalue weighted by Gasteiger charge is 2.14. The zero-order chi connectivity index (χ0) is 18.7. The van der Waals surface area contributed by atoms with Crippen molar-refractivity contribution in [1.29, 1.82) is 0 Å². The molecule has 0 unspecified atom stereocenters. The molecule has 2 aromatic heterocycles. The molecule has 0 atom stereocenters. The Bertz CT molecular complexity index is 1070. The van der Waals surface area contributed by atoms with Crippen molar-refractivity contribution in [2.75, 3.05) is 5.75 Å². The first kappa shape index (κ1) is 17.9. The average Bonchev–Trinajstić information content (AvgIpc) is 2.68. The molecule has 1 N–H and O–H groups in total. The van der Waals surface area contributed by atoms with Gasteiger partial charge in [0.1, 0.15) is 5.65 Å². The number of aromatic nitrogens is 3. The summed E-state index contributed by atoms with van der Waals surface area (Å²) in [6.45, 7) is 0.452. The van der Waals surface area contributed by atoms with Gasteiger partial charge < -0.3 is 5.32 Å². The lowest BCUT2D eigenvalue weighted by atomic mass is 10.2. The molecule has 1 amide bonds. The van der Waals surface area contributed by atoms with Crippen LogP contribution in [0.25, 0.3) is 11.0 Å². The first-order valence-corrected chi connectivity index (χ1v) is 8.95. The van der Waals surface area contributed by atoms with Crippen LogP contribution in [-0.2, 0) is 25.4 Å². The predicted octanol–water partition coefficient (Wildman–Crippen LogP) is 1.04. The Kier molecular flexibility index (Phi) is 5.22. The highest BCUT2D eigenvalue weighted by Crippen LogP contribution is 2.23. The quantitative estimate of drug-likeness (QED) is 0.678. The lowest BCUT2D eigenvalue weighted by molar-refractivity contribution is -0.118. The van der Waals surface area contributed by atoms with Crippen LogP contribution < -0.4 is 16.6 Å². The molecule has 8 heteroatoms. The number of thioether (sulfide) groups is 1. The van der Waals surface area contributed by atoms with Crippen LogP contribution in [0.2, 0.25) is 0 Å². The number of rotatable bonds is 5. The van der Waals surface area contributed by atoms with Crippen LogP contribution in [-0.4, -0.2) is 25.8 Å². The minimum atomic E-state index is -0.433. The second-order valence-electron chi connectivity index (χ2n) is 5.76. The molecular weight excluding hydrogens is 352 g/mol. The number of benzene rings is 1. The third kappa shape index (κ3) is 3.55. The van der Waals surface area contributed by atoms with Gasteiger partial charge in [0.05, 0.1) is 11.1 Å². The second-order valence-corrected chi connectivity index (χ2v) is 6.78. The van der Waals surface area contributed by atoms with Crippen molar-refractivity contribution >= 4 is 28.7 Å². The fourth-order valence-electron chi connectivity index (χ4n) is 2.57. The maximum atomic E-state index is 12.5. The van der Waals surface area contributed by atoms with Gasteiger partial charge in [-0.15, -0.1) is 11.8 Å². The first-order chi connectivity index (χ1) is 12.5. The van der Waals surface area contributed by atoms with E-state index in [1.165, 1.54) is 29.6 Å². The van der Waals surface area contributed by atoms with E-state index in [0.717, 1.165) is 10.1 Å². The number of carbonyl (C=O) groups is 1. The van der Waals surface area contributed by atoms with Crippen LogP contribution in [0.15, 0.2) is 57.1 Å². The summed E-state index contributed by atoms with van der Waals surface area (Å²) < 4.78 is 2.37. The largest absolute Gasteiger partial charge is 0.351 e. The summed E-state index contributed by atoms with van der Waals surface area (Å²) in [5, 5.41) is 3.20. The zero-order valence-electron chi connectivity index (χ0n) is 14.4. The Hall–Kier alpha value is -2.87. The SMILES string of the molecule is Cn1c(=O)c2c(SCC(=O)NCc3ccccc3)ccnc2n(C)c1=O. The maximum Gasteiger partial charge on any atom is 0.332 e. The molecule has 2 heterocycles. The van der Waals surface area contributed by atoms with E-state index < -0.39 is 11.2 Å². The Morgan fingerprint density at radius 1 is 1.12 bits per heavy atom. The van der Waals surface area contributed by atoms with Crippen molar-refractivity contribution in [3.8, 4) is 0 Å². The van der Waals surface area contributed by atoms with Crippen molar-refractivity contribution in [3.05, 3.63) is 69.0 Å². The molecule has 0 saturated carbocycles. The molecule has 26 heavy (non-hydrogen) atoms. The number of fused-ring (bicyclic) bond motifs is 1. The van der Waals surface area contributed by atoms with Gasteiger partial charge in [0.2, 0.25) is 5.91 Å². The van der Waals surface area contributed by atoms with Gasteiger partial charge in [0.15, 0.2) is 0 Å². The Balaban J connectivity index is 1.78. The lowest BCUT2D eigenvalue weighted by Crippen LogP contribution is -2.37. The van der Waals surface area contributed by atoms with Gasteiger partial charge in [0, 0.05) is 31.7 Å². The van der Waals surface area contributed by atoms with E-state index in [-0.39, 0.29) is 11.7 Å². The molecule has 0 aliphatic heterocycles.